The van der Waals surface area contributed by atoms with Gasteiger partial charge in [-0.1, -0.05) is 26.0 Å². The molecule has 2 rings (SSSR count). The molecule has 0 saturated carbocycles. The van der Waals surface area contributed by atoms with Crippen molar-refractivity contribution in [1.29, 1.82) is 0 Å². The van der Waals surface area contributed by atoms with E-state index in [2.05, 4.69) is 39.2 Å². The molecule has 1 heterocycles. The van der Waals surface area contributed by atoms with E-state index in [0.717, 1.165) is 11.3 Å². The SMILES string of the molecule is CN=C(NCCNS(=O)(=O)c1cccnc1)NC(C)c1ccc(OCC(C)C)cc1. The number of guanidine groups is 1. The van der Waals surface area contributed by atoms with Crippen molar-refractivity contribution in [1.82, 2.24) is 20.3 Å². The standard InChI is InChI=1S/C21H31N5O3S/c1-16(2)15-29-19-9-7-18(8-10-19)17(3)26-21(22-4)24-12-13-25-30(27,28)20-6-5-11-23-14-20/h5-11,14,16-17,25H,12-13,15H2,1-4H3,(H2,22,24,26). The highest BCUT2D eigenvalue weighted by Crippen LogP contribution is 2.18. The second kappa shape index (κ2) is 11.5. The Balaban J connectivity index is 1.80. The summed E-state index contributed by atoms with van der Waals surface area (Å²) in [5.74, 6) is 1.92. The number of sulfonamides is 1. The van der Waals surface area contributed by atoms with Crippen molar-refractivity contribution in [2.24, 2.45) is 10.9 Å². The molecule has 0 saturated heterocycles. The molecule has 3 N–H and O–H groups in total. The Bertz CT molecular complexity index is 900. The van der Waals surface area contributed by atoms with Crippen molar-refractivity contribution in [3.05, 3.63) is 54.4 Å². The number of hydrogen-bond donors (Lipinski definition) is 3. The molecule has 1 unspecified atom stereocenters. The molecular weight excluding hydrogens is 402 g/mol. The highest BCUT2D eigenvalue weighted by atomic mass is 32.2. The van der Waals surface area contributed by atoms with Crippen molar-refractivity contribution in [2.45, 2.75) is 31.7 Å². The van der Waals surface area contributed by atoms with Gasteiger partial charge in [0.15, 0.2) is 5.96 Å². The topological polar surface area (TPSA) is 105 Å². The summed E-state index contributed by atoms with van der Waals surface area (Å²) in [6, 6.07) is 11.1. The molecule has 2 aromatic rings. The zero-order valence-corrected chi connectivity index (χ0v) is 18.7. The highest BCUT2D eigenvalue weighted by molar-refractivity contribution is 7.89. The van der Waals surface area contributed by atoms with Gasteiger partial charge in [0.05, 0.1) is 12.6 Å². The molecule has 0 amide bonds. The molecule has 1 aromatic carbocycles. The fraction of sp³-hybridized carbons (Fsp3) is 0.429. The van der Waals surface area contributed by atoms with Gasteiger partial charge in [-0.25, -0.2) is 13.1 Å². The molecule has 8 nitrogen and oxygen atoms in total. The summed E-state index contributed by atoms with van der Waals surface area (Å²) in [5.41, 5.74) is 1.09. The maximum Gasteiger partial charge on any atom is 0.242 e. The Kier molecular flexibility index (Phi) is 9.07. The number of aliphatic imine (C=N–C) groups is 1. The number of pyridine rings is 1. The van der Waals surface area contributed by atoms with Crippen LogP contribution in [-0.4, -0.2) is 46.1 Å². The minimum absolute atomic E-state index is 0.0161. The lowest BCUT2D eigenvalue weighted by molar-refractivity contribution is 0.271. The molecule has 0 fully saturated rings. The molecule has 0 aliphatic heterocycles. The van der Waals surface area contributed by atoms with Crippen LogP contribution < -0.4 is 20.1 Å². The Morgan fingerprint density at radius 2 is 1.87 bits per heavy atom. The van der Waals surface area contributed by atoms with Gasteiger partial charge in [0.25, 0.3) is 0 Å². The first-order valence-corrected chi connectivity index (χ1v) is 11.4. The molecule has 1 aromatic heterocycles. The fourth-order valence-electron chi connectivity index (χ4n) is 2.55. The van der Waals surface area contributed by atoms with Gasteiger partial charge in [0, 0.05) is 32.5 Å². The molecule has 0 bridgehead atoms. The number of benzene rings is 1. The number of aromatic nitrogens is 1. The maximum absolute atomic E-state index is 12.2. The summed E-state index contributed by atoms with van der Waals surface area (Å²) in [6.45, 7) is 7.55. The third kappa shape index (κ3) is 7.64. The van der Waals surface area contributed by atoms with E-state index in [4.69, 9.17) is 4.74 Å². The zero-order chi connectivity index (χ0) is 22.0. The van der Waals surface area contributed by atoms with Crippen LogP contribution in [0.4, 0.5) is 0 Å². The van der Waals surface area contributed by atoms with E-state index in [1.807, 2.05) is 31.2 Å². The summed E-state index contributed by atoms with van der Waals surface area (Å²) in [4.78, 5) is 8.17. The van der Waals surface area contributed by atoms with E-state index in [0.29, 0.717) is 25.0 Å². The molecule has 30 heavy (non-hydrogen) atoms. The number of nitrogens with one attached hydrogen (secondary N) is 3. The first-order valence-electron chi connectivity index (χ1n) is 9.91. The quantitative estimate of drug-likeness (QED) is 0.302. The van der Waals surface area contributed by atoms with Crippen molar-refractivity contribution in [2.75, 3.05) is 26.7 Å². The fourth-order valence-corrected chi connectivity index (χ4v) is 3.55. The van der Waals surface area contributed by atoms with Crippen LogP contribution in [0.25, 0.3) is 0 Å². The van der Waals surface area contributed by atoms with Crippen LogP contribution in [0, 0.1) is 5.92 Å². The van der Waals surface area contributed by atoms with Crippen molar-refractivity contribution in [3.63, 3.8) is 0 Å². The first-order chi connectivity index (χ1) is 14.3. The minimum Gasteiger partial charge on any atom is -0.493 e. The number of hydrogen-bond acceptors (Lipinski definition) is 5. The molecule has 164 valence electrons. The van der Waals surface area contributed by atoms with Crippen molar-refractivity contribution < 1.29 is 13.2 Å². The number of nitrogens with zero attached hydrogens (tertiary/aromatic N) is 2. The summed E-state index contributed by atoms with van der Waals surface area (Å²) in [6.07, 6.45) is 2.85. The second-order valence-electron chi connectivity index (χ2n) is 7.23. The van der Waals surface area contributed by atoms with Crippen LogP contribution >= 0.6 is 0 Å². The number of ether oxygens (including phenoxy) is 1. The van der Waals surface area contributed by atoms with Crippen LogP contribution in [0.1, 0.15) is 32.4 Å². The Morgan fingerprint density at radius 3 is 2.47 bits per heavy atom. The van der Waals surface area contributed by atoms with Crippen molar-refractivity contribution in [3.8, 4) is 5.75 Å². The van der Waals surface area contributed by atoms with Gasteiger partial charge >= 0.3 is 0 Å². The van der Waals surface area contributed by atoms with Crippen LogP contribution in [-0.2, 0) is 10.0 Å². The Morgan fingerprint density at radius 1 is 1.13 bits per heavy atom. The monoisotopic (exact) mass is 433 g/mol. The average Bonchev–Trinajstić information content (AvgIpc) is 2.75. The Labute approximate surface area is 179 Å². The molecule has 0 radical (unpaired) electrons. The predicted molar refractivity (Wildman–Crippen MR) is 119 cm³/mol. The first kappa shape index (κ1) is 23.6. The Hall–Kier alpha value is -2.65. The molecule has 1 atom stereocenters. The van der Waals surface area contributed by atoms with E-state index < -0.39 is 10.0 Å². The molecule has 9 heteroatoms. The van der Waals surface area contributed by atoms with Gasteiger partial charge in [-0.05, 0) is 42.7 Å². The summed E-state index contributed by atoms with van der Waals surface area (Å²) in [7, 11) is -1.90. The van der Waals surface area contributed by atoms with Crippen LogP contribution in [0.3, 0.4) is 0 Å². The van der Waals surface area contributed by atoms with E-state index >= 15 is 0 Å². The van der Waals surface area contributed by atoms with Crippen LogP contribution in [0.15, 0.2) is 58.7 Å². The van der Waals surface area contributed by atoms with E-state index in [1.165, 1.54) is 18.5 Å². The number of rotatable bonds is 10. The van der Waals surface area contributed by atoms with Gasteiger partial charge in [0.1, 0.15) is 10.6 Å². The van der Waals surface area contributed by atoms with Crippen LogP contribution in [0.5, 0.6) is 5.75 Å². The largest absolute Gasteiger partial charge is 0.493 e. The van der Waals surface area contributed by atoms with E-state index in [9.17, 15) is 8.42 Å². The summed E-state index contributed by atoms with van der Waals surface area (Å²) in [5, 5.41) is 6.40. The average molecular weight is 434 g/mol. The highest BCUT2D eigenvalue weighted by Gasteiger charge is 2.13. The van der Waals surface area contributed by atoms with Gasteiger partial charge in [-0.15, -0.1) is 0 Å². The third-order valence-electron chi connectivity index (χ3n) is 4.19. The molecule has 0 aliphatic rings. The summed E-state index contributed by atoms with van der Waals surface area (Å²) >= 11 is 0. The summed E-state index contributed by atoms with van der Waals surface area (Å²) < 4.78 is 32.6. The van der Waals surface area contributed by atoms with Gasteiger partial charge in [-0.2, -0.15) is 0 Å². The normalized spacial score (nSPS) is 13.2. The molecule has 0 aliphatic carbocycles. The van der Waals surface area contributed by atoms with Crippen molar-refractivity contribution >= 4 is 16.0 Å². The second-order valence-corrected chi connectivity index (χ2v) is 8.99. The lowest BCUT2D eigenvalue weighted by Gasteiger charge is -2.19. The zero-order valence-electron chi connectivity index (χ0n) is 17.9. The van der Waals surface area contributed by atoms with E-state index in [-0.39, 0.29) is 17.5 Å². The lowest BCUT2D eigenvalue weighted by Crippen LogP contribution is -2.42. The lowest BCUT2D eigenvalue weighted by atomic mass is 10.1. The minimum atomic E-state index is -3.57. The van der Waals surface area contributed by atoms with E-state index in [1.54, 1.807) is 13.1 Å². The maximum atomic E-state index is 12.2. The smallest absolute Gasteiger partial charge is 0.242 e. The van der Waals surface area contributed by atoms with Gasteiger partial charge in [0.2, 0.25) is 10.0 Å². The molecule has 0 spiro atoms. The van der Waals surface area contributed by atoms with Gasteiger partial charge in [-0.3, -0.25) is 9.98 Å². The molecular formula is C21H31N5O3S. The van der Waals surface area contributed by atoms with Crippen LogP contribution in [0.2, 0.25) is 0 Å². The predicted octanol–water partition coefficient (Wildman–Crippen LogP) is 2.32. The van der Waals surface area contributed by atoms with Gasteiger partial charge < -0.3 is 15.4 Å². The third-order valence-corrected chi connectivity index (χ3v) is 5.64.